The largest absolute Gasteiger partial charge is 0.494 e. The van der Waals surface area contributed by atoms with Crippen LogP contribution in [0.5, 0.6) is 11.5 Å². The van der Waals surface area contributed by atoms with Gasteiger partial charge in [0.05, 0.1) is 11.5 Å². The van der Waals surface area contributed by atoms with Crippen LogP contribution in [0.25, 0.3) is 0 Å². The summed E-state index contributed by atoms with van der Waals surface area (Å²) in [6.07, 6.45) is 1.86. The second kappa shape index (κ2) is 10.6. The number of aryl methyl sites for hydroxylation is 1. The van der Waals surface area contributed by atoms with Crippen LogP contribution >= 0.6 is 0 Å². The van der Waals surface area contributed by atoms with Gasteiger partial charge >= 0.3 is 5.69 Å². The quantitative estimate of drug-likeness (QED) is 0.301. The number of benzene rings is 3. The molecule has 0 bridgehead atoms. The normalized spacial score (nSPS) is 10.3. The van der Waals surface area contributed by atoms with Crippen molar-refractivity contribution in [3.8, 4) is 11.5 Å². The Kier molecular flexibility index (Phi) is 7.38. The molecule has 3 aromatic rings. The van der Waals surface area contributed by atoms with E-state index in [4.69, 9.17) is 9.47 Å². The van der Waals surface area contributed by atoms with Gasteiger partial charge in [-0.3, -0.25) is 14.9 Å². The zero-order valence-corrected chi connectivity index (χ0v) is 16.3. The van der Waals surface area contributed by atoms with Crippen molar-refractivity contribution in [3.05, 3.63) is 94.5 Å². The minimum Gasteiger partial charge on any atom is -0.494 e. The third kappa shape index (κ3) is 6.34. The lowest BCUT2D eigenvalue weighted by Crippen LogP contribution is -2.20. The molecule has 0 aliphatic heterocycles. The van der Waals surface area contributed by atoms with E-state index in [9.17, 15) is 14.9 Å². The van der Waals surface area contributed by atoms with Crippen molar-refractivity contribution in [2.24, 2.45) is 0 Å². The molecule has 3 rings (SSSR count). The van der Waals surface area contributed by atoms with Gasteiger partial charge in [0.25, 0.3) is 5.91 Å². The molecule has 1 amide bonds. The Bertz CT molecular complexity index is 974. The summed E-state index contributed by atoms with van der Waals surface area (Å²) in [5, 5.41) is 13.7. The van der Waals surface area contributed by atoms with E-state index in [0.29, 0.717) is 12.3 Å². The molecule has 1 N–H and O–H groups in total. The highest BCUT2D eigenvalue weighted by atomic mass is 16.6. The Morgan fingerprint density at radius 1 is 0.900 bits per heavy atom. The van der Waals surface area contributed by atoms with E-state index in [-0.39, 0.29) is 18.0 Å². The molecule has 0 unspecified atom stereocenters. The minimum absolute atomic E-state index is 0.0527. The fraction of sp³-hybridized carbons (Fsp3) is 0.174. The highest BCUT2D eigenvalue weighted by Crippen LogP contribution is 2.25. The second-order valence-electron chi connectivity index (χ2n) is 6.52. The van der Waals surface area contributed by atoms with E-state index in [1.807, 2.05) is 18.2 Å². The maximum absolute atomic E-state index is 12.1. The highest BCUT2D eigenvalue weighted by molar-refractivity contribution is 5.91. The molecular formula is C23H22N2O5. The number of hydrogen-bond donors (Lipinski definition) is 1. The van der Waals surface area contributed by atoms with Crippen LogP contribution in [0.3, 0.4) is 0 Å². The molecule has 0 saturated heterocycles. The van der Waals surface area contributed by atoms with Gasteiger partial charge < -0.3 is 14.8 Å². The van der Waals surface area contributed by atoms with Crippen LogP contribution in [-0.4, -0.2) is 24.0 Å². The molecule has 30 heavy (non-hydrogen) atoms. The van der Waals surface area contributed by atoms with Crippen molar-refractivity contribution >= 4 is 17.3 Å². The lowest BCUT2D eigenvalue weighted by molar-refractivity contribution is -0.385. The molecule has 0 aliphatic rings. The van der Waals surface area contributed by atoms with E-state index in [2.05, 4.69) is 17.4 Å². The Labute approximate surface area is 174 Å². The number of rotatable bonds is 10. The number of amides is 1. The average molecular weight is 406 g/mol. The van der Waals surface area contributed by atoms with Crippen LogP contribution in [0.2, 0.25) is 0 Å². The van der Waals surface area contributed by atoms with Crippen molar-refractivity contribution in [2.45, 2.75) is 12.8 Å². The van der Waals surface area contributed by atoms with Crippen LogP contribution in [0.15, 0.2) is 78.9 Å². The molecule has 0 radical (unpaired) electrons. The summed E-state index contributed by atoms with van der Waals surface area (Å²) in [6.45, 7) is 0.271. The first-order chi connectivity index (χ1) is 14.6. The van der Waals surface area contributed by atoms with Gasteiger partial charge in [-0.05, 0) is 48.7 Å². The number of nitro groups is 1. The van der Waals surface area contributed by atoms with Crippen LogP contribution in [0, 0.1) is 10.1 Å². The lowest BCUT2D eigenvalue weighted by atomic mass is 10.1. The Hall–Kier alpha value is -3.87. The van der Waals surface area contributed by atoms with Crippen molar-refractivity contribution < 1.29 is 19.2 Å². The van der Waals surface area contributed by atoms with Crippen molar-refractivity contribution in [1.82, 2.24) is 0 Å². The molecule has 7 heteroatoms. The van der Waals surface area contributed by atoms with E-state index in [1.165, 1.54) is 23.8 Å². The maximum atomic E-state index is 12.1. The number of para-hydroxylation sites is 2. The summed E-state index contributed by atoms with van der Waals surface area (Å²) in [7, 11) is 0. The summed E-state index contributed by atoms with van der Waals surface area (Å²) < 4.78 is 11.0. The van der Waals surface area contributed by atoms with Crippen LogP contribution in [-0.2, 0) is 11.2 Å². The molecule has 0 fully saturated rings. The molecule has 0 saturated carbocycles. The minimum atomic E-state index is -0.550. The molecule has 0 spiro atoms. The number of nitro benzene ring substituents is 1. The maximum Gasteiger partial charge on any atom is 0.310 e. The number of ether oxygens (including phenoxy) is 2. The molecule has 0 atom stereocenters. The molecule has 0 heterocycles. The Balaban J connectivity index is 1.41. The van der Waals surface area contributed by atoms with Gasteiger partial charge in [-0.1, -0.05) is 42.5 Å². The fourth-order valence-corrected chi connectivity index (χ4v) is 2.82. The Morgan fingerprint density at radius 2 is 1.60 bits per heavy atom. The second-order valence-corrected chi connectivity index (χ2v) is 6.52. The number of nitrogens with one attached hydrogen (secondary N) is 1. The van der Waals surface area contributed by atoms with E-state index < -0.39 is 10.8 Å². The topological polar surface area (TPSA) is 90.7 Å². The number of carbonyl (C=O) groups is 1. The zero-order chi connectivity index (χ0) is 21.2. The number of carbonyl (C=O) groups excluding carboxylic acids is 1. The summed E-state index contributed by atoms with van der Waals surface area (Å²) in [5.74, 6) is 0.360. The summed E-state index contributed by atoms with van der Waals surface area (Å²) in [4.78, 5) is 22.5. The molecule has 0 aliphatic carbocycles. The zero-order valence-electron chi connectivity index (χ0n) is 16.3. The van der Waals surface area contributed by atoms with Crippen molar-refractivity contribution in [1.29, 1.82) is 0 Å². The van der Waals surface area contributed by atoms with Crippen LogP contribution < -0.4 is 14.8 Å². The number of nitrogens with zero attached hydrogens (tertiary/aromatic N) is 1. The molecule has 7 nitrogen and oxygen atoms in total. The first kappa shape index (κ1) is 20.9. The monoisotopic (exact) mass is 406 g/mol. The molecule has 154 valence electrons. The van der Waals surface area contributed by atoms with Gasteiger partial charge in [0, 0.05) is 11.8 Å². The number of hydrogen-bond acceptors (Lipinski definition) is 5. The summed E-state index contributed by atoms with van der Waals surface area (Å²) in [5.41, 5.74) is 1.68. The highest BCUT2D eigenvalue weighted by Gasteiger charge is 2.15. The van der Waals surface area contributed by atoms with Crippen molar-refractivity contribution in [2.75, 3.05) is 18.5 Å². The summed E-state index contributed by atoms with van der Waals surface area (Å²) >= 11 is 0. The van der Waals surface area contributed by atoms with Gasteiger partial charge in [0.2, 0.25) is 0 Å². The van der Waals surface area contributed by atoms with Crippen LogP contribution in [0.1, 0.15) is 12.0 Å². The fourth-order valence-electron chi connectivity index (χ4n) is 2.82. The van der Waals surface area contributed by atoms with Gasteiger partial charge in [-0.2, -0.15) is 0 Å². The van der Waals surface area contributed by atoms with Crippen molar-refractivity contribution in [3.63, 3.8) is 0 Å². The Morgan fingerprint density at radius 3 is 2.33 bits per heavy atom. The SMILES string of the molecule is O=C(COc1ccccc1[N+](=O)[O-])Nc1ccc(OCCCc2ccccc2)cc1. The smallest absolute Gasteiger partial charge is 0.310 e. The molecular weight excluding hydrogens is 384 g/mol. The first-order valence-corrected chi connectivity index (χ1v) is 9.54. The van der Waals surface area contributed by atoms with E-state index >= 15 is 0 Å². The summed E-state index contributed by atoms with van der Waals surface area (Å²) in [6, 6.07) is 23.2. The molecule has 0 aromatic heterocycles. The van der Waals surface area contributed by atoms with E-state index in [0.717, 1.165) is 18.6 Å². The van der Waals surface area contributed by atoms with Gasteiger partial charge in [0.15, 0.2) is 12.4 Å². The van der Waals surface area contributed by atoms with Gasteiger partial charge in [-0.15, -0.1) is 0 Å². The average Bonchev–Trinajstić information content (AvgIpc) is 2.77. The third-order valence-electron chi connectivity index (χ3n) is 4.28. The van der Waals surface area contributed by atoms with Gasteiger partial charge in [0.1, 0.15) is 5.75 Å². The predicted octanol–water partition coefficient (Wildman–Crippen LogP) is 4.62. The first-order valence-electron chi connectivity index (χ1n) is 9.54. The van der Waals surface area contributed by atoms with Crippen LogP contribution in [0.4, 0.5) is 11.4 Å². The predicted molar refractivity (Wildman–Crippen MR) is 114 cm³/mol. The van der Waals surface area contributed by atoms with E-state index in [1.54, 1.807) is 30.3 Å². The lowest BCUT2D eigenvalue weighted by Gasteiger charge is -2.09. The standard InChI is InChI=1S/C23H22N2O5/c26-23(17-30-22-11-5-4-10-21(22)25(27)28)24-19-12-14-20(15-13-19)29-16-6-9-18-7-2-1-3-8-18/h1-5,7-8,10-15H,6,9,16-17H2,(H,24,26). The molecule has 3 aromatic carbocycles. The van der Waals surface area contributed by atoms with Gasteiger partial charge in [-0.25, -0.2) is 0 Å². The third-order valence-corrected chi connectivity index (χ3v) is 4.28. The number of anilines is 1.